The van der Waals surface area contributed by atoms with Crippen molar-refractivity contribution in [2.45, 2.75) is 45.1 Å². The van der Waals surface area contributed by atoms with Gasteiger partial charge in [0.25, 0.3) is 0 Å². The molecule has 18 heavy (non-hydrogen) atoms. The zero-order valence-corrected chi connectivity index (χ0v) is 10.9. The first-order valence-electron chi connectivity index (χ1n) is 6.91. The van der Waals surface area contributed by atoms with Crippen LogP contribution in [0.5, 0.6) is 0 Å². The number of aliphatic hydroxyl groups is 1. The Morgan fingerprint density at radius 2 is 2.11 bits per heavy atom. The van der Waals surface area contributed by atoms with Crippen LogP contribution >= 0.6 is 0 Å². The molecule has 1 atom stereocenters. The van der Waals surface area contributed by atoms with Gasteiger partial charge in [-0.15, -0.1) is 0 Å². The molecule has 96 valence electrons. The molecule has 1 N–H and O–H groups in total. The van der Waals surface area contributed by atoms with E-state index in [4.69, 9.17) is 4.42 Å². The molecule has 0 spiro atoms. The summed E-state index contributed by atoms with van der Waals surface area (Å²) in [6.45, 7) is 2.04. The Morgan fingerprint density at radius 1 is 1.33 bits per heavy atom. The van der Waals surface area contributed by atoms with Crippen LogP contribution in [0.2, 0.25) is 0 Å². The van der Waals surface area contributed by atoms with Gasteiger partial charge in [-0.05, 0) is 30.9 Å². The molecule has 0 aliphatic heterocycles. The molecule has 0 bridgehead atoms. The zero-order valence-electron chi connectivity index (χ0n) is 10.9. The highest BCUT2D eigenvalue weighted by Gasteiger charge is 2.22. The van der Waals surface area contributed by atoms with Crippen LogP contribution < -0.4 is 0 Å². The van der Waals surface area contributed by atoms with Crippen LogP contribution in [0.25, 0.3) is 11.0 Å². The number of fused-ring (bicyclic) bond motifs is 1. The van der Waals surface area contributed by atoms with Gasteiger partial charge in [0.15, 0.2) is 0 Å². The number of benzene rings is 1. The molecule has 0 saturated heterocycles. The summed E-state index contributed by atoms with van der Waals surface area (Å²) in [6, 6.07) is 8.10. The normalized spacial score (nSPS) is 18.6. The highest BCUT2D eigenvalue weighted by molar-refractivity contribution is 5.80. The first-order chi connectivity index (χ1) is 8.74. The lowest BCUT2D eigenvalue weighted by Crippen LogP contribution is -2.03. The molecular weight excluding hydrogens is 224 g/mol. The lowest BCUT2D eigenvalue weighted by molar-refractivity contribution is 0.122. The maximum atomic E-state index is 10.3. The van der Waals surface area contributed by atoms with E-state index in [-0.39, 0.29) is 0 Å². The van der Waals surface area contributed by atoms with E-state index in [0.717, 1.165) is 28.7 Å². The average Bonchev–Trinajstić information content (AvgIpc) is 2.97. The molecular formula is C16H20O2. The smallest absolute Gasteiger partial charge is 0.137 e. The third kappa shape index (κ3) is 2.17. The number of furan rings is 1. The molecule has 1 aromatic heterocycles. The highest BCUT2D eigenvalue weighted by Crippen LogP contribution is 2.35. The van der Waals surface area contributed by atoms with E-state index in [9.17, 15) is 5.11 Å². The van der Waals surface area contributed by atoms with Gasteiger partial charge in [-0.1, -0.05) is 43.9 Å². The van der Waals surface area contributed by atoms with Crippen molar-refractivity contribution in [3.63, 3.8) is 0 Å². The van der Waals surface area contributed by atoms with E-state index >= 15 is 0 Å². The van der Waals surface area contributed by atoms with Gasteiger partial charge in [0, 0.05) is 5.39 Å². The van der Waals surface area contributed by atoms with Crippen LogP contribution in [0, 0.1) is 12.8 Å². The molecule has 2 aromatic rings. The van der Waals surface area contributed by atoms with E-state index in [1.165, 1.54) is 25.7 Å². The fraction of sp³-hybridized carbons (Fsp3) is 0.500. The number of aliphatic hydroxyl groups excluding tert-OH is 1. The van der Waals surface area contributed by atoms with Crippen molar-refractivity contribution in [3.05, 3.63) is 35.6 Å². The second-order valence-corrected chi connectivity index (χ2v) is 5.54. The summed E-state index contributed by atoms with van der Waals surface area (Å²) in [5, 5.41) is 11.4. The lowest BCUT2D eigenvalue weighted by Gasteiger charge is -2.12. The van der Waals surface area contributed by atoms with E-state index in [0.29, 0.717) is 5.92 Å². The van der Waals surface area contributed by atoms with Gasteiger partial charge in [0.2, 0.25) is 0 Å². The maximum Gasteiger partial charge on any atom is 0.137 e. The maximum absolute atomic E-state index is 10.3. The monoisotopic (exact) mass is 244 g/mol. The van der Waals surface area contributed by atoms with E-state index in [1.54, 1.807) is 0 Å². The Kier molecular flexibility index (Phi) is 3.13. The van der Waals surface area contributed by atoms with Crippen molar-refractivity contribution in [3.8, 4) is 0 Å². The molecule has 1 aliphatic carbocycles. The molecule has 1 aliphatic rings. The van der Waals surface area contributed by atoms with Crippen LogP contribution in [0.4, 0.5) is 0 Å². The Labute approximate surface area is 108 Å². The summed E-state index contributed by atoms with van der Waals surface area (Å²) < 4.78 is 5.82. The minimum absolute atomic E-state index is 0.445. The predicted molar refractivity (Wildman–Crippen MR) is 72.5 cm³/mol. The number of aryl methyl sites for hydroxylation is 1. The summed E-state index contributed by atoms with van der Waals surface area (Å²) >= 11 is 0. The number of rotatable bonds is 3. The van der Waals surface area contributed by atoms with Crippen molar-refractivity contribution < 1.29 is 9.52 Å². The highest BCUT2D eigenvalue weighted by atomic mass is 16.4. The van der Waals surface area contributed by atoms with Crippen LogP contribution in [0.15, 0.2) is 28.7 Å². The topological polar surface area (TPSA) is 33.4 Å². The molecule has 1 saturated carbocycles. The Bertz CT molecular complexity index is 535. The number of hydrogen-bond acceptors (Lipinski definition) is 2. The molecule has 0 radical (unpaired) electrons. The van der Waals surface area contributed by atoms with Crippen LogP contribution in [-0.2, 0) is 0 Å². The first kappa shape index (κ1) is 11.8. The summed E-state index contributed by atoms with van der Waals surface area (Å²) in [5.41, 5.74) is 2.05. The first-order valence-corrected chi connectivity index (χ1v) is 6.91. The van der Waals surface area contributed by atoms with Crippen molar-refractivity contribution in [1.29, 1.82) is 0 Å². The second-order valence-electron chi connectivity index (χ2n) is 5.54. The summed E-state index contributed by atoms with van der Waals surface area (Å²) in [4.78, 5) is 0. The molecule has 3 rings (SSSR count). The molecule has 1 fully saturated rings. The summed E-state index contributed by atoms with van der Waals surface area (Å²) in [6.07, 6.45) is 5.55. The molecule has 1 aromatic carbocycles. The second kappa shape index (κ2) is 4.77. The summed E-state index contributed by atoms with van der Waals surface area (Å²) in [5.74, 6) is 1.40. The molecule has 2 heteroatoms. The van der Waals surface area contributed by atoms with Gasteiger partial charge in [-0.25, -0.2) is 0 Å². The third-order valence-corrected chi connectivity index (χ3v) is 4.12. The molecule has 0 amide bonds. The number of para-hydroxylation sites is 1. The molecule has 2 nitrogen and oxygen atoms in total. The third-order valence-electron chi connectivity index (χ3n) is 4.12. The van der Waals surface area contributed by atoms with E-state index < -0.39 is 6.10 Å². The fourth-order valence-corrected chi connectivity index (χ4v) is 3.07. The number of hydrogen-bond donors (Lipinski definition) is 1. The lowest BCUT2D eigenvalue weighted by atomic mass is 9.99. The van der Waals surface area contributed by atoms with Crippen LogP contribution in [0.3, 0.4) is 0 Å². The largest absolute Gasteiger partial charge is 0.458 e. The van der Waals surface area contributed by atoms with Crippen molar-refractivity contribution in [2.24, 2.45) is 5.92 Å². The van der Waals surface area contributed by atoms with Gasteiger partial charge in [0.1, 0.15) is 17.4 Å². The van der Waals surface area contributed by atoms with Gasteiger partial charge >= 0.3 is 0 Å². The average molecular weight is 244 g/mol. The van der Waals surface area contributed by atoms with Crippen LogP contribution in [-0.4, -0.2) is 5.11 Å². The fourth-order valence-electron chi connectivity index (χ4n) is 3.07. The van der Waals surface area contributed by atoms with Gasteiger partial charge in [-0.2, -0.15) is 0 Å². The van der Waals surface area contributed by atoms with Crippen LogP contribution in [0.1, 0.15) is 49.5 Å². The van der Waals surface area contributed by atoms with Gasteiger partial charge in [0.05, 0.1) is 0 Å². The minimum atomic E-state index is -0.445. The Morgan fingerprint density at radius 3 is 2.83 bits per heavy atom. The van der Waals surface area contributed by atoms with Gasteiger partial charge in [-0.3, -0.25) is 0 Å². The van der Waals surface area contributed by atoms with Gasteiger partial charge < -0.3 is 9.52 Å². The minimum Gasteiger partial charge on any atom is -0.458 e. The Hall–Kier alpha value is -1.28. The van der Waals surface area contributed by atoms with E-state index in [1.807, 2.05) is 31.2 Å². The quantitative estimate of drug-likeness (QED) is 0.870. The van der Waals surface area contributed by atoms with Crippen molar-refractivity contribution in [1.82, 2.24) is 0 Å². The van der Waals surface area contributed by atoms with E-state index in [2.05, 4.69) is 0 Å². The van der Waals surface area contributed by atoms with Crippen molar-refractivity contribution in [2.75, 3.05) is 0 Å². The Balaban J connectivity index is 1.82. The predicted octanol–water partition coefficient (Wildman–Crippen LogP) is 4.35. The molecule has 1 heterocycles. The molecule has 1 unspecified atom stereocenters. The SMILES string of the molecule is Cc1cccc2cc(C(O)CC3CCCC3)oc12. The summed E-state index contributed by atoms with van der Waals surface area (Å²) in [7, 11) is 0. The zero-order chi connectivity index (χ0) is 12.5. The standard InChI is InChI=1S/C16H20O2/c1-11-5-4-8-13-10-15(18-16(11)13)14(17)9-12-6-2-3-7-12/h4-5,8,10,12,14,17H,2-3,6-7,9H2,1H3. The van der Waals surface area contributed by atoms with Crippen molar-refractivity contribution >= 4 is 11.0 Å².